The normalized spacial score (nSPS) is 11.5. The van der Waals surface area contributed by atoms with Gasteiger partial charge in [0.05, 0.1) is 22.8 Å². The minimum absolute atomic E-state index is 0.0657. The molecule has 0 bridgehead atoms. The number of carbonyl (C=O) groups excluding carboxylic acids is 1. The maximum absolute atomic E-state index is 13.3. The number of alkyl halides is 2. The number of aryl methyl sites for hydroxylation is 3. The lowest BCUT2D eigenvalue weighted by Gasteiger charge is -2.10. The number of anilines is 1. The highest BCUT2D eigenvalue weighted by molar-refractivity contribution is 5.92. The Morgan fingerprint density at radius 3 is 2.77 bits per heavy atom. The lowest BCUT2D eigenvalue weighted by Crippen LogP contribution is -2.16. The molecule has 0 fully saturated rings. The Balaban J connectivity index is 1.77. The zero-order valence-corrected chi connectivity index (χ0v) is 15.0. The summed E-state index contributed by atoms with van der Waals surface area (Å²) in [6, 6.07) is 4.85. The lowest BCUT2D eigenvalue weighted by atomic mass is 10.3. The van der Waals surface area contributed by atoms with Crippen LogP contribution in [0.4, 0.5) is 14.5 Å². The van der Waals surface area contributed by atoms with Gasteiger partial charge in [-0.15, -0.1) is 0 Å². The van der Waals surface area contributed by atoms with Crippen molar-refractivity contribution in [1.29, 1.82) is 0 Å². The lowest BCUT2D eigenvalue weighted by molar-refractivity contribution is -0.116. The van der Waals surface area contributed by atoms with Crippen molar-refractivity contribution in [3.63, 3.8) is 0 Å². The summed E-state index contributed by atoms with van der Waals surface area (Å²) in [7, 11) is 0. The predicted octanol–water partition coefficient (Wildman–Crippen LogP) is 3.84. The number of pyridine rings is 1. The van der Waals surface area contributed by atoms with Gasteiger partial charge in [-0.25, -0.2) is 13.8 Å². The highest BCUT2D eigenvalue weighted by Crippen LogP contribution is 2.27. The fourth-order valence-corrected chi connectivity index (χ4v) is 3.12. The quantitative estimate of drug-likeness (QED) is 0.726. The van der Waals surface area contributed by atoms with E-state index in [0.29, 0.717) is 23.3 Å². The van der Waals surface area contributed by atoms with Gasteiger partial charge in [-0.3, -0.25) is 9.48 Å². The second kappa shape index (κ2) is 7.23. The Morgan fingerprint density at radius 1 is 1.35 bits per heavy atom. The van der Waals surface area contributed by atoms with Gasteiger partial charge in [0.25, 0.3) is 6.43 Å². The average molecular weight is 361 g/mol. The van der Waals surface area contributed by atoms with E-state index in [1.807, 2.05) is 25.5 Å². The van der Waals surface area contributed by atoms with Crippen molar-refractivity contribution in [3.05, 3.63) is 41.5 Å². The van der Waals surface area contributed by atoms with Crippen molar-refractivity contribution in [2.24, 2.45) is 0 Å². The van der Waals surface area contributed by atoms with Gasteiger partial charge in [0.15, 0.2) is 0 Å². The minimum Gasteiger partial charge on any atom is -0.324 e. The van der Waals surface area contributed by atoms with Crippen LogP contribution in [-0.4, -0.2) is 25.2 Å². The first-order valence-electron chi connectivity index (χ1n) is 8.48. The molecule has 0 atom stereocenters. The Hall–Kier alpha value is -2.77. The summed E-state index contributed by atoms with van der Waals surface area (Å²) in [6.45, 7) is 6.53. The Morgan fingerprint density at radius 2 is 2.12 bits per heavy atom. The number of aromatic nitrogens is 4. The maximum Gasteiger partial charge on any atom is 0.278 e. The molecular weight excluding hydrogens is 340 g/mol. The van der Waals surface area contributed by atoms with Crippen molar-refractivity contribution in [3.8, 4) is 0 Å². The van der Waals surface area contributed by atoms with Gasteiger partial charge in [-0.1, -0.05) is 0 Å². The van der Waals surface area contributed by atoms with Crippen LogP contribution in [0.3, 0.4) is 0 Å². The topological polar surface area (TPSA) is 64.7 Å². The van der Waals surface area contributed by atoms with Crippen LogP contribution < -0.4 is 5.32 Å². The van der Waals surface area contributed by atoms with E-state index in [1.165, 1.54) is 10.6 Å². The molecular formula is C18H21F2N5O. The molecule has 3 heterocycles. The Kier molecular flexibility index (Phi) is 5.01. The molecule has 0 saturated heterocycles. The number of hydrogen-bond acceptors (Lipinski definition) is 3. The molecule has 3 rings (SSSR count). The summed E-state index contributed by atoms with van der Waals surface area (Å²) in [5.74, 6) is -0.246. The number of nitrogens with zero attached hydrogens (tertiary/aromatic N) is 4. The SMILES string of the molecule is CCn1nc(C)c(NC(=O)CCn2c(C(F)F)cc3cccnc32)c1C. The van der Waals surface area contributed by atoms with Crippen LogP contribution >= 0.6 is 0 Å². The van der Waals surface area contributed by atoms with E-state index in [2.05, 4.69) is 15.4 Å². The van der Waals surface area contributed by atoms with Gasteiger partial charge in [0, 0.05) is 31.1 Å². The highest BCUT2D eigenvalue weighted by Gasteiger charge is 2.19. The third-order valence-corrected chi connectivity index (χ3v) is 4.42. The van der Waals surface area contributed by atoms with E-state index in [0.717, 1.165) is 11.4 Å². The number of halogens is 2. The van der Waals surface area contributed by atoms with Crippen LogP contribution in [0.5, 0.6) is 0 Å². The number of nitrogens with one attached hydrogen (secondary N) is 1. The molecule has 8 heteroatoms. The zero-order valence-electron chi connectivity index (χ0n) is 15.0. The molecule has 3 aromatic rings. The third kappa shape index (κ3) is 3.31. The van der Waals surface area contributed by atoms with E-state index in [4.69, 9.17) is 0 Å². The first-order chi connectivity index (χ1) is 12.4. The van der Waals surface area contributed by atoms with Crippen molar-refractivity contribution >= 4 is 22.6 Å². The molecule has 0 aliphatic heterocycles. The molecule has 0 aliphatic carbocycles. The summed E-state index contributed by atoms with van der Waals surface area (Å²) < 4.78 is 29.9. The second-order valence-corrected chi connectivity index (χ2v) is 6.10. The zero-order chi connectivity index (χ0) is 18.8. The smallest absolute Gasteiger partial charge is 0.278 e. The molecule has 0 aliphatic rings. The second-order valence-electron chi connectivity index (χ2n) is 6.10. The number of rotatable bonds is 6. The number of carbonyl (C=O) groups is 1. The molecule has 0 unspecified atom stereocenters. The number of amides is 1. The van der Waals surface area contributed by atoms with Gasteiger partial charge in [0.1, 0.15) is 5.65 Å². The van der Waals surface area contributed by atoms with Crippen LogP contribution in [0.2, 0.25) is 0 Å². The van der Waals surface area contributed by atoms with Crippen molar-refractivity contribution in [1.82, 2.24) is 19.3 Å². The van der Waals surface area contributed by atoms with Gasteiger partial charge in [0.2, 0.25) is 5.91 Å². The molecule has 0 radical (unpaired) electrons. The monoisotopic (exact) mass is 361 g/mol. The molecule has 1 amide bonds. The number of hydrogen-bond donors (Lipinski definition) is 1. The molecule has 3 aromatic heterocycles. The fraction of sp³-hybridized carbons (Fsp3) is 0.389. The van der Waals surface area contributed by atoms with Gasteiger partial charge in [-0.05, 0) is 39.0 Å². The van der Waals surface area contributed by atoms with Crippen molar-refractivity contribution in [2.45, 2.75) is 46.7 Å². The average Bonchev–Trinajstić information content (AvgIpc) is 3.12. The minimum atomic E-state index is -2.63. The summed E-state index contributed by atoms with van der Waals surface area (Å²) in [6.07, 6.45) is -1.00. The third-order valence-electron chi connectivity index (χ3n) is 4.42. The van der Waals surface area contributed by atoms with Gasteiger partial charge in [-0.2, -0.15) is 5.10 Å². The van der Waals surface area contributed by atoms with Crippen LogP contribution in [0.25, 0.3) is 11.0 Å². The highest BCUT2D eigenvalue weighted by atomic mass is 19.3. The van der Waals surface area contributed by atoms with Crippen LogP contribution in [-0.2, 0) is 17.9 Å². The van der Waals surface area contributed by atoms with E-state index < -0.39 is 6.43 Å². The fourth-order valence-electron chi connectivity index (χ4n) is 3.12. The standard InChI is InChI=1S/C18H21F2N5O/c1-4-25-12(3)16(11(2)23-25)22-15(26)7-9-24-14(17(19)20)10-13-6-5-8-21-18(13)24/h5-6,8,10,17H,4,7,9H2,1-3H3,(H,22,26). The van der Waals surface area contributed by atoms with Crippen molar-refractivity contribution < 1.29 is 13.6 Å². The van der Waals surface area contributed by atoms with E-state index >= 15 is 0 Å². The largest absolute Gasteiger partial charge is 0.324 e. The Labute approximate surface area is 149 Å². The molecule has 138 valence electrons. The Bertz CT molecular complexity index is 945. The summed E-state index contributed by atoms with van der Waals surface area (Å²) in [4.78, 5) is 16.5. The molecule has 26 heavy (non-hydrogen) atoms. The molecule has 0 aromatic carbocycles. The molecule has 0 spiro atoms. The first kappa shape index (κ1) is 18.0. The van der Waals surface area contributed by atoms with Crippen LogP contribution in [0.1, 0.15) is 36.9 Å². The predicted molar refractivity (Wildman–Crippen MR) is 95.3 cm³/mol. The van der Waals surface area contributed by atoms with E-state index in [1.54, 1.807) is 18.3 Å². The van der Waals surface area contributed by atoms with Crippen LogP contribution in [0, 0.1) is 13.8 Å². The maximum atomic E-state index is 13.3. The molecule has 6 nitrogen and oxygen atoms in total. The first-order valence-corrected chi connectivity index (χ1v) is 8.48. The van der Waals surface area contributed by atoms with E-state index in [-0.39, 0.29) is 24.6 Å². The number of fused-ring (bicyclic) bond motifs is 1. The van der Waals surface area contributed by atoms with Crippen molar-refractivity contribution in [2.75, 3.05) is 5.32 Å². The summed E-state index contributed by atoms with van der Waals surface area (Å²) in [5.41, 5.74) is 2.62. The van der Waals surface area contributed by atoms with Gasteiger partial charge >= 0.3 is 0 Å². The summed E-state index contributed by atoms with van der Waals surface area (Å²) >= 11 is 0. The van der Waals surface area contributed by atoms with Gasteiger partial charge < -0.3 is 9.88 Å². The molecule has 0 saturated carbocycles. The summed E-state index contributed by atoms with van der Waals surface area (Å²) in [5, 5.41) is 7.84. The molecule has 1 N–H and O–H groups in total. The van der Waals surface area contributed by atoms with Crippen LogP contribution in [0.15, 0.2) is 24.4 Å². The van der Waals surface area contributed by atoms with E-state index in [9.17, 15) is 13.6 Å².